The number of nitrogens with zero attached hydrogens (tertiary/aromatic N) is 3. The van der Waals surface area contributed by atoms with Crippen LogP contribution in [0.1, 0.15) is 16.1 Å². The van der Waals surface area contributed by atoms with Gasteiger partial charge in [0, 0.05) is 31.2 Å². The molecule has 0 bridgehead atoms. The molecule has 0 aromatic carbocycles. The van der Waals surface area contributed by atoms with Gasteiger partial charge < -0.3 is 4.57 Å². The first-order valence-corrected chi connectivity index (χ1v) is 4.20. The molecule has 0 aliphatic carbocycles. The predicted octanol–water partition coefficient (Wildman–Crippen LogP) is 1.05. The minimum atomic E-state index is -0.0759. The maximum absolute atomic E-state index is 11.8. The van der Waals surface area contributed by atoms with Gasteiger partial charge >= 0.3 is 0 Å². The number of ketones is 1. The van der Waals surface area contributed by atoms with Crippen LogP contribution in [0.25, 0.3) is 0 Å². The molecule has 14 heavy (non-hydrogen) atoms. The topological polar surface area (TPSA) is 47.8 Å². The molecule has 4 heteroatoms. The molecular weight excluding hydrogens is 178 g/mol. The molecule has 0 amide bonds. The van der Waals surface area contributed by atoms with E-state index in [1.807, 2.05) is 7.05 Å². The maximum atomic E-state index is 11.8. The van der Waals surface area contributed by atoms with Gasteiger partial charge in [0.25, 0.3) is 0 Å². The van der Waals surface area contributed by atoms with Crippen LogP contribution in [-0.4, -0.2) is 20.3 Å². The van der Waals surface area contributed by atoms with Gasteiger partial charge in [-0.1, -0.05) is 0 Å². The fraction of sp³-hybridized carbons (Fsp3) is 0.100. The van der Waals surface area contributed by atoms with Crippen LogP contribution < -0.4 is 0 Å². The van der Waals surface area contributed by atoms with E-state index in [1.54, 1.807) is 41.6 Å². The van der Waals surface area contributed by atoms with Crippen molar-refractivity contribution in [2.75, 3.05) is 0 Å². The number of carbonyl (C=O) groups is 1. The van der Waals surface area contributed by atoms with Crippen LogP contribution in [0, 0.1) is 0 Å². The molecule has 2 heterocycles. The summed E-state index contributed by atoms with van der Waals surface area (Å²) in [5, 5.41) is 0. The van der Waals surface area contributed by atoms with Gasteiger partial charge in [-0.05, 0) is 12.1 Å². The smallest absolute Gasteiger partial charge is 0.213 e. The van der Waals surface area contributed by atoms with Crippen molar-refractivity contribution in [1.82, 2.24) is 14.5 Å². The van der Waals surface area contributed by atoms with Gasteiger partial charge in [-0.15, -0.1) is 0 Å². The molecule has 0 aliphatic rings. The van der Waals surface area contributed by atoms with Gasteiger partial charge in [-0.3, -0.25) is 9.78 Å². The number of aromatic nitrogens is 3. The molecule has 0 N–H and O–H groups in total. The van der Waals surface area contributed by atoms with Gasteiger partial charge in [0.05, 0.1) is 6.33 Å². The van der Waals surface area contributed by atoms with Crippen molar-refractivity contribution in [3.63, 3.8) is 0 Å². The third-order valence-corrected chi connectivity index (χ3v) is 1.88. The van der Waals surface area contributed by atoms with E-state index < -0.39 is 0 Å². The maximum Gasteiger partial charge on any atom is 0.213 e. The Morgan fingerprint density at radius 3 is 2.64 bits per heavy atom. The van der Waals surface area contributed by atoms with Gasteiger partial charge in [0.1, 0.15) is 5.69 Å². The zero-order valence-corrected chi connectivity index (χ0v) is 7.71. The van der Waals surface area contributed by atoms with E-state index in [2.05, 4.69) is 9.97 Å². The van der Waals surface area contributed by atoms with Crippen LogP contribution >= 0.6 is 0 Å². The highest BCUT2D eigenvalue weighted by Crippen LogP contribution is 2.05. The molecule has 2 rings (SSSR count). The molecule has 0 fully saturated rings. The molecule has 4 nitrogen and oxygen atoms in total. The minimum Gasteiger partial charge on any atom is -0.340 e. The minimum absolute atomic E-state index is 0.0759. The summed E-state index contributed by atoms with van der Waals surface area (Å²) in [6, 6.07) is 3.36. The number of carbonyl (C=O) groups excluding carboxylic acids is 1. The fourth-order valence-electron chi connectivity index (χ4n) is 1.18. The Hall–Kier alpha value is -1.97. The lowest BCUT2D eigenvalue weighted by Gasteiger charge is -1.94. The second-order valence-corrected chi connectivity index (χ2v) is 2.99. The third-order valence-electron chi connectivity index (χ3n) is 1.88. The molecule has 0 aliphatic heterocycles. The Morgan fingerprint density at radius 2 is 2.07 bits per heavy atom. The van der Waals surface area contributed by atoms with Crippen molar-refractivity contribution in [1.29, 1.82) is 0 Å². The molecule has 0 radical (unpaired) electrons. The quantitative estimate of drug-likeness (QED) is 0.660. The Kier molecular flexibility index (Phi) is 2.10. The zero-order chi connectivity index (χ0) is 9.97. The van der Waals surface area contributed by atoms with Crippen LogP contribution in [0.3, 0.4) is 0 Å². The monoisotopic (exact) mass is 187 g/mol. The van der Waals surface area contributed by atoms with Crippen LogP contribution in [0.15, 0.2) is 37.1 Å². The molecule has 2 aromatic heterocycles. The lowest BCUT2D eigenvalue weighted by Crippen LogP contribution is -2.01. The van der Waals surface area contributed by atoms with Crippen LogP contribution in [0.4, 0.5) is 0 Å². The van der Waals surface area contributed by atoms with Gasteiger partial charge in [0.2, 0.25) is 5.78 Å². The predicted molar refractivity (Wildman–Crippen MR) is 50.9 cm³/mol. The number of hydrogen-bond acceptors (Lipinski definition) is 3. The molecule has 0 spiro atoms. The summed E-state index contributed by atoms with van der Waals surface area (Å²) in [7, 11) is 1.83. The van der Waals surface area contributed by atoms with Crippen molar-refractivity contribution in [3.8, 4) is 0 Å². The largest absolute Gasteiger partial charge is 0.340 e. The molecular formula is C10H9N3O. The second-order valence-electron chi connectivity index (χ2n) is 2.99. The lowest BCUT2D eigenvalue weighted by molar-refractivity contribution is 0.103. The first-order chi connectivity index (χ1) is 6.77. The Morgan fingerprint density at radius 1 is 1.36 bits per heavy atom. The normalized spacial score (nSPS) is 10.1. The van der Waals surface area contributed by atoms with Crippen molar-refractivity contribution in [2.45, 2.75) is 0 Å². The van der Waals surface area contributed by atoms with Gasteiger partial charge in [0.15, 0.2) is 0 Å². The van der Waals surface area contributed by atoms with Gasteiger partial charge in [-0.25, -0.2) is 4.98 Å². The second kappa shape index (κ2) is 3.41. The van der Waals surface area contributed by atoms with Crippen LogP contribution in [0.5, 0.6) is 0 Å². The molecule has 0 saturated carbocycles. The van der Waals surface area contributed by atoms with E-state index in [0.29, 0.717) is 11.3 Å². The summed E-state index contributed by atoms with van der Waals surface area (Å²) in [5.41, 5.74) is 1.07. The summed E-state index contributed by atoms with van der Waals surface area (Å²) >= 11 is 0. The highest BCUT2D eigenvalue weighted by atomic mass is 16.1. The Bertz CT molecular complexity index is 447. The Labute approximate surface area is 81.2 Å². The molecule has 2 aromatic rings. The zero-order valence-electron chi connectivity index (χ0n) is 7.71. The van der Waals surface area contributed by atoms with E-state index >= 15 is 0 Å². The van der Waals surface area contributed by atoms with Crippen LogP contribution in [-0.2, 0) is 7.05 Å². The fourth-order valence-corrected chi connectivity index (χ4v) is 1.18. The number of pyridine rings is 1. The van der Waals surface area contributed by atoms with E-state index in [-0.39, 0.29) is 5.78 Å². The molecule has 0 atom stereocenters. The first kappa shape index (κ1) is 8.62. The summed E-state index contributed by atoms with van der Waals surface area (Å²) < 4.78 is 1.74. The van der Waals surface area contributed by atoms with Crippen molar-refractivity contribution >= 4 is 5.78 Å². The van der Waals surface area contributed by atoms with Gasteiger partial charge in [-0.2, -0.15) is 0 Å². The van der Waals surface area contributed by atoms with Crippen molar-refractivity contribution < 1.29 is 4.79 Å². The summed E-state index contributed by atoms with van der Waals surface area (Å²) in [6.45, 7) is 0. The highest BCUT2D eigenvalue weighted by molar-refractivity contribution is 6.07. The summed E-state index contributed by atoms with van der Waals surface area (Å²) in [6.07, 6.45) is 6.49. The Balaban J connectivity index is 2.34. The number of rotatable bonds is 2. The van der Waals surface area contributed by atoms with E-state index in [1.165, 1.54) is 0 Å². The van der Waals surface area contributed by atoms with E-state index in [9.17, 15) is 4.79 Å². The number of hydrogen-bond donors (Lipinski definition) is 0. The van der Waals surface area contributed by atoms with E-state index in [4.69, 9.17) is 0 Å². The summed E-state index contributed by atoms with van der Waals surface area (Å²) in [5.74, 6) is -0.0759. The average molecular weight is 187 g/mol. The molecule has 0 unspecified atom stereocenters. The number of aryl methyl sites for hydroxylation is 1. The standard InChI is InChI=1S/C10H9N3O/c1-13-6-9(12-7-13)10(14)8-2-4-11-5-3-8/h2-7H,1H3. The lowest BCUT2D eigenvalue weighted by atomic mass is 10.1. The summed E-state index contributed by atoms with van der Waals surface area (Å²) in [4.78, 5) is 19.6. The highest BCUT2D eigenvalue weighted by Gasteiger charge is 2.10. The first-order valence-electron chi connectivity index (χ1n) is 4.20. The van der Waals surface area contributed by atoms with Crippen molar-refractivity contribution in [3.05, 3.63) is 48.3 Å². The molecule has 70 valence electrons. The van der Waals surface area contributed by atoms with E-state index in [0.717, 1.165) is 0 Å². The third kappa shape index (κ3) is 1.54. The average Bonchev–Trinajstić information content (AvgIpc) is 2.65. The molecule has 0 saturated heterocycles. The number of imidazole rings is 1. The van der Waals surface area contributed by atoms with Crippen molar-refractivity contribution in [2.24, 2.45) is 7.05 Å². The SMILES string of the molecule is Cn1cnc(C(=O)c2ccncc2)c1. The van der Waals surface area contributed by atoms with Crippen LogP contribution in [0.2, 0.25) is 0 Å².